The average Bonchev–Trinajstić information content (AvgIpc) is 3.09. The first-order valence-electron chi connectivity index (χ1n) is 8.14. The lowest BCUT2D eigenvalue weighted by Gasteiger charge is -2.37. The molecule has 2 aliphatic rings. The molecule has 1 aliphatic heterocycles. The number of ether oxygens (including phenoxy) is 1. The number of hydrogen-bond donors (Lipinski definition) is 0. The molecular weight excluding hydrogens is 342 g/mol. The van der Waals surface area contributed by atoms with Crippen LogP contribution in [0.1, 0.15) is 35.9 Å². The van der Waals surface area contributed by atoms with E-state index in [4.69, 9.17) is 4.74 Å². The Morgan fingerprint density at radius 1 is 1.29 bits per heavy atom. The highest BCUT2D eigenvalue weighted by Crippen LogP contribution is 2.34. The minimum absolute atomic E-state index is 0.0797. The average molecular weight is 364 g/mol. The molecule has 1 aliphatic carbocycles. The van der Waals surface area contributed by atoms with Crippen LogP contribution in [0.25, 0.3) is 0 Å². The summed E-state index contributed by atoms with van der Waals surface area (Å²) in [5.74, 6) is -0.387. The van der Waals surface area contributed by atoms with Crippen LogP contribution in [0.4, 0.5) is 0 Å². The Bertz CT molecular complexity index is 705. The van der Waals surface area contributed by atoms with Crippen molar-refractivity contribution < 1.29 is 14.3 Å². The maximum absolute atomic E-state index is 13.0. The van der Waals surface area contributed by atoms with E-state index in [9.17, 15) is 9.59 Å². The summed E-state index contributed by atoms with van der Waals surface area (Å²) in [6, 6.07) is 3.28. The molecule has 0 bridgehead atoms. The standard InChI is InChI=1S/C18H21NO3S2/c1-3-22-18(21)14-10-12-6-4-5-7-13(12)11-19(14)17(20)15-8-9-16(23-2)24-15/h6-9,14H,3-5,10-11H2,1-2H3. The minimum atomic E-state index is -0.529. The Morgan fingerprint density at radius 3 is 2.71 bits per heavy atom. The third-order valence-corrected chi connectivity index (χ3v) is 6.46. The summed E-state index contributed by atoms with van der Waals surface area (Å²) in [4.78, 5) is 27.8. The summed E-state index contributed by atoms with van der Waals surface area (Å²) in [6.07, 6.45) is 8.94. The van der Waals surface area contributed by atoms with Gasteiger partial charge in [-0.3, -0.25) is 4.79 Å². The van der Waals surface area contributed by atoms with Gasteiger partial charge in [-0.05, 0) is 49.3 Å². The second-order valence-electron chi connectivity index (χ2n) is 5.76. The summed E-state index contributed by atoms with van der Waals surface area (Å²) in [7, 11) is 0. The van der Waals surface area contributed by atoms with Gasteiger partial charge in [-0.2, -0.15) is 0 Å². The number of esters is 1. The third kappa shape index (κ3) is 3.44. The number of carbonyl (C=O) groups is 2. The van der Waals surface area contributed by atoms with Gasteiger partial charge in [0.2, 0.25) is 0 Å². The molecule has 1 amide bonds. The Balaban J connectivity index is 1.88. The van der Waals surface area contributed by atoms with Gasteiger partial charge in [0.05, 0.1) is 15.7 Å². The van der Waals surface area contributed by atoms with Gasteiger partial charge in [0.1, 0.15) is 6.04 Å². The number of allylic oxidation sites excluding steroid dienone is 2. The van der Waals surface area contributed by atoms with Gasteiger partial charge < -0.3 is 9.64 Å². The van der Waals surface area contributed by atoms with Crippen LogP contribution in [0.15, 0.2) is 39.6 Å². The summed E-state index contributed by atoms with van der Waals surface area (Å²) in [5, 5.41) is 0. The van der Waals surface area contributed by atoms with Gasteiger partial charge in [-0.25, -0.2) is 4.79 Å². The van der Waals surface area contributed by atoms with Crippen LogP contribution in [0.5, 0.6) is 0 Å². The number of likely N-dealkylation sites (tertiary alicyclic amines) is 1. The van der Waals surface area contributed by atoms with E-state index in [-0.39, 0.29) is 11.9 Å². The number of fused-ring (bicyclic) bond motifs is 1. The molecule has 6 heteroatoms. The van der Waals surface area contributed by atoms with Crippen molar-refractivity contribution in [1.82, 2.24) is 4.90 Å². The van der Waals surface area contributed by atoms with Gasteiger partial charge in [0, 0.05) is 13.0 Å². The van der Waals surface area contributed by atoms with Crippen LogP contribution in [0.3, 0.4) is 0 Å². The van der Waals surface area contributed by atoms with Crippen molar-refractivity contribution in [3.05, 3.63) is 40.3 Å². The zero-order valence-electron chi connectivity index (χ0n) is 13.9. The Hall–Kier alpha value is -1.53. The van der Waals surface area contributed by atoms with E-state index >= 15 is 0 Å². The molecule has 1 fully saturated rings. The number of nitrogens with zero attached hydrogens (tertiary/aromatic N) is 1. The maximum Gasteiger partial charge on any atom is 0.329 e. The van der Waals surface area contributed by atoms with Crippen molar-refractivity contribution in [2.24, 2.45) is 0 Å². The third-order valence-electron chi connectivity index (χ3n) is 4.30. The van der Waals surface area contributed by atoms with Crippen LogP contribution in [-0.2, 0) is 9.53 Å². The van der Waals surface area contributed by atoms with E-state index in [1.807, 2.05) is 18.4 Å². The Labute approximate surface area is 150 Å². The first-order valence-corrected chi connectivity index (χ1v) is 10.2. The molecule has 1 saturated heterocycles. The van der Waals surface area contributed by atoms with Crippen LogP contribution in [0, 0.1) is 0 Å². The summed E-state index contributed by atoms with van der Waals surface area (Å²) < 4.78 is 6.32. The predicted octanol–water partition coefficient (Wildman–Crippen LogP) is 3.89. The number of carbonyl (C=O) groups excluding carboxylic acids is 2. The lowest BCUT2D eigenvalue weighted by Crippen LogP contribution is -2.50. The number of hydrogen-bond acceptors (Lipinski definition) is 5. The van der Waals surface area contributed by atoms with Gasteiger partial charge >= 0.3 is 5.97 Å². The molecule has 0 N–H and O–H groups in total. The SMILES string of the molecule is CCOC(=O)C1CC2=CCCC=C2CN1C(=O)c1ccc(SC)s1. The molecule has 1 unspecified atom stereocenters. The summed E-state index contributed by atoms with van der Waals surface area (Å²) in [5.41, 5.74) is 2.37. The molecule has 0 radical (unpaired) electrons. The van der Waals surface area contributed by atoms with Crippen LogP contribution >= 0.6 is 23.1 Å². The predicted molar refractivity (Wildman–Crippen MR) is 97.6 cm³/mol. The highest BCUT2D eigenvalue weighted by molar-refractivity contribution is 8.00. The number of amides is 1. The molecular formula is C18H21NO3S2. The highest BCUT2D eigenvalue weighted by atomic mass is 32.2. The van der Waals surface area contributed by atoms with Crippen molar-refractivity contribution >= 4 is 35.0 Å². The molecule has 24 heavy (non-hydrogen) atoms. The van der Waals surface area contributed by atoms with E-state index in [1.54, 1.807) is 23.6 Å². The van der Waals surface area contributed by atoms with E-state index in [2.05, 4.69) is 12.2 Å². The Morgan fingerprint density at radius 2 is 2.04 bits per heavy atom. The molecule has 0 saturated carbocycles. The fourth-order valence-corrected chi connectivity index (χ4v) is 4.62. The first kappa shape index (κ1) is 17.3. The van der Waals surface area contributed by atoms with Crippen molar-refractivity contribution in [3.8, 4) is 0 Å². The second kappa shape index (κ2) is 7.57. The fourth-order valence-electron chi connectivity index (χ4n) is 3.12. The van der Waals surface area contributed by atoms with E-state index in [0.29, 0.717) is 24.4 Å². The Kier molecular flexibility index (Phi) is 5.46. The number of thiophene rings is 1. The highest BCUT2D eigenvalue weighted by Gasteiger charge is 2.38. The molecule has 2 heterocycles. The molecule has 128 valence electrons. The van der Waals surface area contributed by atoms with Crippen molar-refractivity contribution in [2.45, 2.75) is 36.4 Å². The van der Waals surface area contributed by atoms with Gasteiger partial charge in [-0.1, -0.05) is 12.2 Å². The van der Waals surface area contributed by atoms with Gasteiger partial charge in [0.15, 0.2) is 0 Å². The topological polar surface area (TPSA) is 46.6 Å². The molecule has 4 nitrogen and oxygen atoms in total. The van der Waals surface area contributed by atoms with Crippen LogP contribution < -0.4 is 0 Å². The summed E-state index contributed by atoms with van der Waals surface area (Å²) in [6.45, 7) is 2.61. The van der Waals surface area contributed by atoms with Crippen LogP contribution in [-0.4, -0.2) is 42.2 Å². The molecule has 1 aromatic heterocycles. The smallest absolute Gasteiger partial charge is 0.329 e. The van der Waals surface area contributed by atoms with Crippen molar-refractivity contribution in [2.75, 3.05) is 19.4 Å². The number of rotatable bonds is 4. The van der Waals surface area contributed by atoms with Crippen molar-refractivity contribution in [1.29, 1.82) is 0 Å². The first-order chi connectivity index (χ1) is 11.6. The quantitative estimate of drug-likeness (QED) is 0.601. The zero-order chi connectivity index (χ0) is 17.1. The second-order valence-corrected chi connectivity index (χ2v) is 7.95. The molecule has 1 atom stereocenters. The normalized spacial score (nSPS) is 20.1. The van der Waals surface area contributed by atoms with Gasteiger partial charge in [-0.15, -0.1) is 23.1 Å². The molecule has 1 aromatic rings. The number of thioether (sulfide) groups is 1. The van der Waals surface area contributed by atoms with Crippen LogP contribution in [0.2, 0.25) is 0 Å². The van der Waals surface area contributed by atoms with E-state index in [0.717, 1.165) is 17.1 Å². The lowest BCUT2D eigenvalue weighted by atomic mass is 9.87. The molecule has 0 aromatic carbocycles. The van der Waals surface area contributed by atoms with Crippen molar-refractivity contribution in [3.63, 3.8) is 0 Å². The van der Waals surface area contributed by atoms with E-state index < -0.39 is 6.04 Å². The fraction of sp³-hybridized carbons (Fsp3) is 0.444. The maximum atomic E-state index is 13.0. The summed E-state index contributed by atoms with van der Waals surface area (Å²) >= 11 is 3.10. The van der Waals surface area contributed by atoms with Gasteiger partial charge in [0.25, 0.3) is 5.91 Å². The van der Waals surface area contributed by atoms with E-state index in [1.165, 1.54) is 22.5 Å². The lowest BCUT2D eigenvalue weighted by molar-refractivity contribution is -0.148. The largest absolute Gasteiger partial charge is 0.464 e. The molecule has 0 spiro atoms. The minimum Gasteiger partial charge on any atom is -0.464 e. The number of piperidine rings is 1. The zero-order valence-corrected chi connectivity index (χ0v) is 15.5. The molecule has 3 rings (SSSR count). The monoisotopic (exact) mass is 363 g/mol.